The molecule has 0 amide bonds. The second-order valence-electron chi connectivity index (χ2n) is 3.70. The molecule has 0 aliphatic heterocycles. The zero-order valence-corrected chi connectivity index (χ0v) is 10.7. The first-order valence-electron chi connectivity index (χ1n) is 5.24. The van der Waals surface area contributed by atoms with Crippen LogP contribution in [-0.2, 0) is 10.0 Å². The van der Waals surface area contributed by atoms with Crippen molar-refractivity contribution in [1.82, 2.24) is 10.2 Å². The Kier molecular flexibility index (Phi) is 3.48. The molecule has 0 radical (unpaired) electrons. The Morgan fingerprint density at radius 3 is 2.65 bits per heavy atom. The van der Waals surface area contributed by atoms with Crippen molar-refractivity contribution in [1.29, 1.82) is 0 Å². The first-order chi connectivity index (χ1) is 9.40. The fourth-order valence-electron chi connectivity index (χ4n) is 1.45. The quantitative estimate of drug-likeness (QED) is 0.482. The molecule has 0 atom stereocenters. The molecular weight excluding hydrogens is 286 g/mol. The summed E-state index contributed by atoms with van der Waals surface area (Å²) in [5.41, 5.74) is 4.90. The number of benzene rings is 1. The summed E-state index contributed by atoms with van der Waals surface area (Å²) in [6.45, 7) is 0. The van der Waals surface area contributed by atoms with E-state index in [0.717, 1.165) is 12.1 Å². The van der Waals surface area contributed by atoms with Crippen LogP contribution in [-0.4, -0.2) is 23.5 Å². The highest BCUT2D eigenvalue weighted by atomic mass is 32.2. The molecule has 3 N–H and O–H groups in total. The highest BCUT2D eigenvalue weighted by molar-refractivity contribution is 7.92. The van der Waals surface area contributed by atoms with Crippen molar-refractivity contribution in [3.8, 4) is 0 Å². The van der Waals surface area contributed by atoms with Crippen LogP contribution in [0.15, 0.2) is 41.4 Å². The Labute approximate surface area is 113 Å². The Hall–Kier alpha value is -2.75. The van der Waals surface area contributed by atoms with E-state index in [1.807, 2.05) is 0 Å². The minimum absolute atomic E-state index is 0.0429. The van der Waals surface area contributed by atoms with Crippen LogP contribution < -0.4 is 10.5 Å². The number of sulfonamides is 1. The fourth-order valence-corrected chi connectivity index (χ4v) is 2.60. The van der Waals surface area contributed by atoms with Gasteiger partial charge in [-0.3, -0.25) is 14.8 Å². The summed E-state index contributed by atoms with van der Waals surface area (Å²) in [5, 5.41) is 18.0. The van der Waals surface area contributed by atoms with E-state index < -0.39 is 25.5 Å². The van der Waals surface area contributed by atoms with E-state index >= 15 is 0 Å². The van der Waals surface area contributed by atoms with Gasteiger partial charge in [0.15, 0.2) is 10.7 Å². The average molecular weight is 295 g/mol. The van der Waals surface area contributed by atoms with Gasteiger partial charge in [0.05, 0.1) is 4.92 Å². The lowest BCUT2D eigenvalue weighted by Gasteiger charge is -2.07. The molecule has 20 heavy (non-hydrogen) atoms. The van der Waals surface area contributed by atoms with Gasteiger partial charge in [-0.1, -0.05) is 0 Å². The van der Waals surface area contributed by atoms with Gasteiger partial charge in [0.2, 0.25) is 0 Å². The molecule has 0 spiro atoms. The van der Waals surface area contributed by atoms with E-state index in [0.29, 0.717) is 0 Å². The van der Waals surface area contributed by atoms with E-state index in [1.54, 1.807) is 0 Å². The van der Waals surface area contributed by atoms with E-state index in [1.165, 1.54) is 24.4 Å². The molecule has 0 fully saturated rings. The average Bonchev–Trinajstić information content (AvgIpc) is 2.38. The highest BCUT2D eigenvalue weighted by Gasteiger charge is 2.26. The highest BCUT2D eigenvalue weighted by Crippen LogP contribution is 2.27. The van der Waals surface area contributed by atoms with Crippen LogP contribution in [0.25, 0.3) is 0 Å². The molecule has 0 saturated heterocycles. The summed E-state index contributed by atoms with van der Waals surface area (Å²) in [6, 6.07) is 6.14. The van der Waals surface area contributed by atoms with Crippen LogP contribution >= 0.6 is 0 Å². The summed E-state index contributed by atoms with van der Waals surface area (Å²) in [7, 11) is -4.16. The zero-order valence-electron chi connectivity index (χ0n) is 9.92. The number of hydrogen-bond acceptors (Lipinski definition) is 7. The van der Waals surface area contributed by atoms with Gasteiger partial charge >= 0.3 is 0 Å². The van der Waals surface area contributed by atoms with Crippen molar-refractivity contribution in [2.45, 2.75) is 4.90 Å². The summed E-state index contributed by atoms with van der Waals surface area (Å²) in [5.74, 6) is -0.0429. The van der Waals surface area contributed by atoms with Crippen molar-refractivity contribution in [2.75, 3.05) is 10.5 Å². The van der Waals surface area contributed by atoms with Gasteiger partial charge in [0, 0.05) is 18.0 Å². The monoisotopic (exact) mass is 295 g/mol. The number of nitro groups is 1. The maximum absolute atomic E-state index is 12.1. The molecule has 10 heteroatoms. The third-order valence-electron chi connectivity index (χ3n) is 2.28. The minimum atomic E-state index is -4.16. The number of nitrogens with one attached hydrogen (secondary N) is 1. The molecule has 2 aromatic rings. The molecule has 1 aromatic carbocycles. The summed E-state index contributed by atoms with van der Waals surface area (Å²) in [4.78, 5) is 9.59. The first-order valence-corrected chi connectivity index (χ1v) is 6.73. The SMILES string of the molecule is Nc1ccc(S(=O)(=O)Nc2cccnn2)c([N+](=O)[O-])c1. The van der Waals surface area contributed by atoms with Crippen LogP contribution in [0.5, 0.6) is 0 Å². The van der Waals surface area contributed by atoms with Gasteiger partial charge in [0.1, 0.15) is 0 Å². The minimum Gasteiger partial charge on any atom is -0.399 e. The van der Waals surface area contributed by atoms with Crippen LogP contribution in [0.1, 0.15) is 0 Å². The third-order valence-corrected chi connectivity index (χ3v) is 3.68. The third kappa shape index (κ3) is 2.80. The van der Waals surface area contributed by atoms with Gasteiger partial charge < -0.3 is 5.73 Å². The number of nitro benzene ring substituents is 1. The Balaban J connectivity index is 2.47. The largest absolute Gasteiger partial charge is 0.399 e. The van der Waals surface area contributed by atoms with Crippen LogP contribution in [0, 0.1) is 10.1 Å². The standard InChI is InChI=1S/C10H9N5O4S/c11-7-3-4-9(8(6-7)15(16)17)20(18,19)14-10-2-1-5-12-13-10/h1-6H,11H2,(H,13,14). The van der Waals surface area contributed by atoms with Gasteiger partial charge in [-0.2, -0.15) is 5.10 Å². The molecule has 1 heterocycles. The fraction of sp³-hybridized carbons (Fsp3) is 0. The predicted octanol–water partition coefficient (Wildman–Crippen LogP) is 0.768. The Bertz CT molecular complexity index is 747. The van der Waals surface area contributed by atoms with Gasteiger partial charge in [0.25, 0.3) is 15.7 Å². The number of rotatable bonds is 4. The topological polar surface area (TPSA) is 141 Å². The smallest absolute Gasteiger partial charge is 0.291 e. The zero-order chi connectivity index (χ0) is 14.8. The molecule has 0 aliphatic rings. The van der Waals surface area contributed by atoms with Crippen molar-refractivity contribution in [2.24, 2.45) is 0 Å². The molecule has 0 bridgehead atoms. The van der Waals surface area contributed by atoms with Crippen LogP contribution in [0.2, 0.25) is 0 Å². The first kappa shape index (κ1) is 13.7. The number of anilines is 2. The number of nitrogens with two attached hydrogens (primary N) is 1. The lowest BCUT2D eigenvalue weighted by molar-refractivity contribution is -0.387. The lowest BCUT2D eigenvalue weighted by Crippen LogP contribution is -2.16. The van der Waals surface area contributed by atoms with Gasteiger partial charge in [-0.05, 0) is 24.3 Å². The van der Waals surface area contributed by atoms with Crippen molar-refractivity contribution >= 4 is 27.2 Å². The van der Waals surface area contributed by atoms with Gasteiger partial charge in [-0.25, -0.2) is 8.42 Å². The number of hydrogen-bond donors (Lipinski definition) is 2. The molecule has 1 aromatic heterocycles. The summed E-state index contributed by atoms with van der Waals surface area (Å²) >= 11 is 0. The Morgan fingerprint density at radius 2 is 2.05 bits per heavy atom. The van der Waals surface area contributed by atoms with Crippen molar-refractivity contribution < 1.29 is 13.3 Å². The molecule has 9 nitrogen and oxygen atoms in total. The second-order valence-corrected chi connectivity index (χ2v) is 5.35. The van der Waals surface area contributed by atoms with Crippen LogP contribution in [0.3, 0.4) is 0 Å². The van der Waals surface area contributed by atoms with Crippen molar-refractivity contribution in [3.05, 3.63) is 46.6 Å². The summed E-state index contributed by atoms with van der Waals surface area (Å²) < 4.78 is 26.3. The van der Waals surface area contributed by atoms with Gasteiger partial charge in [-0.15, -0.1) is 5.10 Å². The van der Waals surface area contributed by atoms with Crippen molar-refractivity contribution in [3.63, 3.8) is 0 Å². The van der Waals surface area contributed by atoms with E-state index in [9.17, 15) is 18.5 Å². The van der Waals surface area contributed by atoms with E-state index in [4.69, 9.17) is 5.73 Å². The molecule has 0 unspecified atom stereocenters. The number of nitrogen functional groups attached to an aromatic ring is 1. The maximum Gasteiger partial charge on any atom is 0.291 e. The molecule has 2 rings (SSSR count). The maximum atomic E-state index is 12.1. The van der Waals surface area contributed by atoms with E-state index in [2.05, 4.69) is 14.9 Å². The normalized spacial score (nSPS) is 11.0. The second kappa shape index (κ2) is 5.09. The molecular formula is C10H9N5O4S. The molecule has 104 valence electrons. The predicted molar refractivity (Wildman–Crippen MR) is 70.3 cm³/mol. The Morgan fingerprint density at radius 1 is 1.30 bits per heavy atom. The molecule has 0 saturated carbocycles. The summed E-state index contributed by atoms with van der Waals surface area (Å²) in [6.07, 6.45) is 1.36. The lowest BCUT2D eigenvalue weighted by atomic mass is 10.3. The van der Waals surface area contributed by atoms with E-state index in [-0.39, 0.29) is 11.5 Å². The van der Waals surface area contributed by atoms with Crippen LogP contribution in [0.4, 0.5) is 17.2 Å². The molecule has 0 aliphatic carbocycles. The number of aromatic nitrogens is 2. The number of nitrogens with zero attached hydrogens (tertiary/aromatic N) is 3.